The van der Waals surface area contributed by atoms with Crippen molar-refractivity contribution in [1.82, 2.24) is 4.98 Å². The molecule has 2 heterocycles. The molecular weight excluding hydrogens is 564 g/mol. The molecule has 0 saturated carbocycles. The lowest BCUT2D eigenvalue weighted by atomic mass is 9.87. The fourth-order valence-electron chi connectivity index (χ4n) is 5.13. The van der Waals surface area contributed by atoms with E-state index in [4.69, 9.17) is 16.7 Å². The van der Waals surface area contributed by atoms with Gasteiger partial charge in [0.2, 0.25) is 11.8 Å². The molecule has 42 heavy (non-hydrogen) atoms. The van der Waals surface area contributed by atoms with Crippen molar-refractivity contribution in [2.75, 3.05) is 10.6 Å². The van der Waals surface area contributed by atoms with Crippen LogP contribution in [0.3, 0.4) is 0 Å². The van der Waals surface area contributed by atoms with E-state index in [0.717, 1.165) is 34.9 Å². The monoisotopic (exact) mass is 589 g/mol. The van der Waals surface area contributed by atoms with E-state index in [1.54, 1.807) is 30.3 Å². The van der Waals surface area contributed by atoms with Crippen LogP contribution in [0.15, 0.2) is 72.9 Å². The molecule has 4 aromatic rings. The Balaban J connectivity index is 1.51. The summed E-state index contributed by atoms with van der Waals surface area (Å²) in [5.41, 5.74) is 4.11. The molecule has 0 radical (unpaired) electrons. The molecule has 5 rings (SSSR count). The van der Waals surface area contributed by atoms with Crippen LogP contribution in [-0.4, -0.2) is 27.9 Å². The SMILES string of the molecule is O=C(O)CC(=O)Nc1ccc2c(c1)NC(=O)CCCCC(c1ccc(-c3c(F)ccc(Cl)c3F)cn1)c1cccc-2c1. The fraction of sp³-hybridized carbons (Fsp3) is 0.188. The first-order valence-corrected chi connectivity index (χ1v) is 13.7. The number of carbonyl (C=O) groups excluding carboxylic acids is 2. The second-order valence-corrected chi connectivity index (χ2v) is 10.4. The van der Waals surface area contributed by atoms with Crippen LogP contribution in [0.2, 0.25) is 5.02 Å². The van der Waals surface area contributed by atoms with Crippen LogP contribution in [0.5, 0.6) is 0 Å². The molecule has 1 aliphatic heterocycles. The summed E-state index contributed by atoms with van der Waals surface area (Å²) in [7, 11) is 0. The Morgan fingerprint density at radius 3 is 2.62 bits per heavy atom. The quantitative estimate of drug-likeness (QED) is 0.166. The Bertz CT molecular complexity index is 1680. The summed E-state index contributed by atoms with van der Waals surface area (Å²) in [5, 5.41) is 14.2. The summed E-state index contributed by atoms with van der Waals surface area (Å²) >= 11 is 5.88. The summed E-state index contributed by atoms with van der Waals surface area (Å²) in [6.45, 7) is 0. The van der Waals surface area contributed by atoms with Gasteiger partial charge in [-0.2, -0.15) is 0 Å². The molecule has 0 saturated heterocycles. The van der Waals surface area contributed by atoms with Gasteiger partial charge in [-0.05, 0) is 54.3 Å². The average Bonchev–Trinajstić information content (AvgIpc) is 2.95. The van der Waals surface area contributed by atoms with E-state index in [1.165, 1.54) is 12.3 Å². The number of nitrogens with zero attached hydrogens (tertiary/aromatic N) is 1. The van der Waals surface area contributed by atoms with Crippen molar-refractivity contribution >= 4 is 40.8 Å². The minimum absolute atomic E-state index is 0.145. The van der Waals surface area contributed by atoms with Crippen LogP contribution in [0.1, 0.15) is 49.3 Å². The third-order valence-corrected chi connectivity index (χ3v) is 7.40. The summed E-state index contributed by atoms with van der Waals surface area (Å²) in [4.78, 5) is 40.3. The smallest absolute Gasteiger partial charge is 0.312 e. The van der Waals surface area contributed by atoms with Crippen LogP contribution in [0, 0.1) is 11.6 Å². The molecule has 1 aliphatic rings. The zero-order chi connectivity index (χ0) is 29.8. The maximum Gasteiger partial charge on any atom is 0.312 e. The van der Waals surface area contributed by atoms with Gasteiger partial charge in [-0.1, -0.05) is 54.4 Å². The van der Waals surface area contributed by atoms with Crippen molar-refractivity contribution in [3.8, 4) is 22.3 Å². The lowest BCUT2D eigenvalue weighted by Crippen LogP contribution is -2.17. The maximum atomic E-state index is 14.6. The number of amides is 2. The number of fused-ring (bicyclic) bond motifs is 4. The van der Waals surface area contributed by atoms with Crippen LogP contribution < -0.4 is 10.6 Å². The van der Waals surface area contributed by atoms with Crippen LogP contribution in [0.25, 0.3) is 22.3 Å². The normalized spacial score (nSPS) is 15.0. The Hall–Kier alpha value is -4.63. The van der Waals surface area contributed by atoms with Gasteiger partial charge in [0, 0.05) is 41.0 Å². The minimum atomic E-state index is -1.24. The number of aromatic nitrogens is 1. The van der Waals surface area contributed by atoms with Gasteiger partial charge in [0.1, 0.15) is 12.2 Å². The summed E-state index contributed by atoms with van der Waals surface area (Å²) < 4.78 is 29.1. The van der Waals surface area contributed by atoms with Gasteiger partial charge >= 0.3 is 5.97 Å². The van der Waals surface area contributed by atoms with Gasteiger partial charge in [-0.15, -0.1) is 0 Å². The molecule has 1 atom stereocenters. The lowest BCUT2D eigenvalue weighted by Gasteiger charge is -2.21. The fourth-order valence-corrected chi connectivity index (χ4v) is 5.28. The Morgan fingerprint density at radius 1 is 1.02 bits per heavy atom. The second kappa shape index (κ2) is 12.5. The molecule has 2 bridgehead atoms. The first kappa shape index (κ1) is 28.9. The van der Waals surface area contributed by atoms with Crippen molar-refractivity contribution in [2.24, 2.45) is 0 Å². The highest BCUT2D eigenvalue weighted by Gasteiger charge is 2.21. The van der Waals surface area contributed by atoms with Crippen molar-refractivity contribution in [3.05, 3.63) is 101 Å². The van der Waals surface area contributed by atoms with E-state index in [-0.39, 0.29) is 34.4 Å². The number of nitrogens with one attached hydrogen (secondary N) is 2. The first-order chi connectivity index (χ1) is 20.2. The van der Waals surface area contributed by atoms with Gasteiger partial charge in [0.25, 0.3) is 0 Å². The predicted molar refractivity (Wildman–Crippen MR) is 156 cm³/mol. The predicted octanol–water partition coefficient (Wildman–Crippen LogP) is 7.40. The van der Waals surface area contributed by atoms with Crippen molar-refractivity contribution in [2.45, 2.75) is 38.0 Å². The van der Waals surface area contributed by atoms with Crippen LogP contribution in [-0.2, 0) is 14.4 Å². The minimum Gasteiger partial charge on any atom is -0.481 e. The number of carboxylic acid groups (broad SMARTS) is 1. The summed E-state index contributed by atoms with van der Waals surface area (Å²) in [6.07, 6.45) is 3.07. The molecular formula is C32H26ClF2N3O4. The lowest BCUT2D eigenvalue weighted by molar-refractivity contribution is -0.139. The summed E-state index contributed by atoms with van der Waals surface area (Å²) in [5.74, 6) is -3.82. The van der Waals surface area contributed by atoms with Gasteiger partial charge in [0.05, 0.1) is 16.3 Å². The molecule has 2 amide bonds. The number of hydrogen-bond acceptors (Lipinski definition) is 4. The van der Waals surface area contributed by atoms with Gasteiger partial charge in [-0.25, -0.2) is 8.78 Å². The number of anilines is 2. The number of halogens is 3. The topological polar surface area (TPSA) is 108 Å². The highest BCUT2D eigenvalue weighted by atomic mass is 35.5. The molecule has 3 N–H and O–H groups in total. The van der Waals surface area contributed by atoms with Gasteiger partial charge in [-0.3, -0.25) is 19.4 Å². The van der Waals surface area contributed by atoms with E-state index in [2.05, 4.69) is 15.6 Å². The molecule has 10 heteroatoms. The van der Waals surface area contributed by atoms with Crippen molar-refractivity contribution < 1.29 is 28.3 Å². The van der Waals surface area contributed by atoms with Gasteiger partial charge < -0.3 is 15.7 Å². The number of carbonyl (C=O) groups is 3. The van der Waals surface area contributed by atoms with Gasteiger partial charge in [0.15, 0.2) is 5.82 Å². The highest BCUT2D eigenvalue weighted by Crippen LogP contribution is 2.37. The van der Waals surface area contributed by atoms with Crippen molar-refractivity contribution in [1.29, 1.82) is 0 Å². The Labute approximate surface area is 245 Å². The Morgan fingerprint density at radius 2 is 1.86 bits per heavy atom. The molecule has 1 aromatic heterocycles. The highest BCUT2D eigenvalue weighted by molar-refractivity contribution is 6.31. The molecule has 0 fully saturated rings. The first-order valence-electron chi connectivity index (χ1n) is 13.4. The van der Waals surface area contributed by atoms with Crippen LogP contribution in [0.4, 0.5) is 20.2 Å². The standard InChI is InChI=1S/C32H26ClF2N3O4/c33-24-11-12-25(34)31(32(24)35)20-8-13-26(36-17-20)22-6-1-2-7-28(39)38-27-15-21(37-29(40)16-30(41)42)9-10-23(27)19-5-3-4-18(22)14-19/h3-5,8-15,17,22H,1-2,6-7,16H2,(H,37,40)(H,38,39)(H,41,42). The molecule has 214 valence electrons. The third kappa shape index (κ3) is 6.47. The number of carboxylic acids is 1. The second-order valence-electron chi connectivity index (χ2n) is 10.0. The number of pyridine rings is 1. The summed E-state index contributed by atoms with van der Waals surface area (Å²) in [6, 6.07) is 18.5. The third-order valence-electron chi connectivity index (χ3n) is 7.11. The number of benzene rings is 3. The van der Waals surface area contributed by atoms with Crippen LogP contribution >= 0.6 is 11.6 Å². The molecule has 0 spiro atoms. The average molecular weight is 590 g/mol. The maximum absolute atomic E-state index is 14.6. The molecule has 0 aliphatic carbocycles. The molecule has 1 unspecified atom stereocenters. The Kier molecular flexibility index (Phi) is 8.59. The molecule has 3 aromatic carbocycles. The largest absolute Gasteiger partial charge is 0.481 e. The van der Waals surface area contributed by atoms with E-state index >= 15 is 0 Å². The number of aliphatic carboxylic acids is 1. The van der Waals surface area contributed by atoms with E-state index in [9.17, 15) is 23.2 Å². The van der Waals surface area contributed by atoms with E-state index in [0.29, 0.717) is 24.2 Å². The zero-order valence-corrected chi connectivity index (χ0v) is 23.1. The van der Waals surface area contributed by atoms with Crippen molar-refractivity contribution in [3.63, 3.8) is 0 Å². The van der Waals surface area contributed by atoms with E-state index in [1.807, 2.05) is 24.3 Å². The van der Waals surface area contributed by atoms with E-state index < -0.39 is 29.9 Å². The number of hydrogen-bond donors (Lipinski definition) is 3. The number of rotatable bonds is 5. The molecule has 7 nitrogen and oxygen atoms in total. The zero-order valence-electron chi connectivity index (χ0n) is 22.3.